The van der Waals surface area contributed by atoms with Crippen molar-refractivity contribution >= 4 is 5.91 Å². The Hall–Kier alpha value is -2.37. The van der Waals surface area contributed by atoms with E-state index in [1.54, 1.807) is 0 Å². The van der Waals surface area contributed by atoms with Crippen molar-refractivity contribution in [2.24, 2.45) is 0 Å². The molecule has 0 unspecified atom stereocenters. The van der Waals surface area contributed by atoms with Crippen LogP contribution in [0.4, 0.5) is 0 Å². The number of carbonyl (C=O) groups excluding carboxylic acids is 1. The lowest BCUT2D eigenvalue weighted by atomic mass is 9.98. The van der Waals surface area contributed by atoms with E-state index < -0.39 is 0 Å². The average molecular weight is 329 g/mol. The van der Waals surface area contributed by atoms with Crippen molar-refractivity contribution in [1.29, 1.82) is 0 Å². The standard InChI is InChI=1S/C18H23N3O3/c1-3-16-19-18(24-20-16)14-7-5-9-21(11-14)17(22)12-23-15-8-4-6-13(2)10-15/h4,6,8,10,14H,3,5,7,9,11-12H2,1-2H3/t14-/m0/s1. The molecular weight excluding hydrogens is 306 g/mol. The third-order valence-electron chi connectivity index (χ3n) is 4.28. The number of aryl methyl sites for hydroxylation is 2. The van der Waals surface area contributed by atoms with E-state index in [-0.39, 0.29) is 18.4 Å². The Labute approximate surface area is 141 Å². The van der Waals surface area contributed by atoms with Crippen LogP contribution >= 0.6 is 0 Å². The number of benzene rings is 1. The number of ether oxygens (including phenoxy) is 1. The number of rotatable bonds is 5. The smallest absolute Gasteiger partial charge is 0.260 e. The van der Waals surface area contributed by atoms with E-state index >= 15 is 0 Å². The minimum atomic E-state index is -0.00330. The fourth-order valence-electron chi connectivity index (χ4n) is 2.92. The van der Waals surface area contributed by atoms with Gasteiger partial charge in [0.25, 0.3) is 5.91 Å². The molecule has 0 aliphatic carbocycles. The van der Waals surface area contributed by atoms with Crippen LogP contribution in [0.25, 0.3) is 0 Å². The van der Waals surface area contributed by atoms with Gasteiger partial charge < -0.3 is 14.2 Å². The highest BCUT2D eigenvalue weighted by Crippen LogP contribution is 2.26. The van der Waals surface area contributed by atoms with Crippen LogP contribution < -0.4 is 4.74 Å². The molecule has 1 fully saturated rings. The maximum absolute atomic E-state index is 12.4. The second kappa shape index (κ2) is 7.47. The van der Waals surface area contributed by atoms with Gasteiger partial charge in [-0.1, -0.05) is 24.2 Å². The summed E-state index contributed by atoms with van der Waals surface area (Å²) in [6.07, 6.45) is 2.65. The quantitative estimate of drug-likeness (QED) is 0.843. The molecule has 3 rings (SSSR count). The molecule has 6 heteroatoms. The summed E-state index contributed by atoms with van der Waals surface area (Å²) in [6.45, 7) is 5.41. The molecule has 1 amide bonds. The lowest BCUT2D eigenvalue weighted by Crippen LogP contribution is -2.41. The van der Waals surface area contributed by atoms with Crippen LogP contribution in [-0.2, 0) is 11.2 Å². The summed E-state index contributed by atoms with van der Waals surface area (Å²) in [7, 11) is 0. The van der Waals surface area contributed by atoms with Crippen molar-refractivity contribution in [3.8, 4) is 5.75 Å². The van der Waals surface area contributed by atoms with E-state index in [2.05, 4.69) is 10.1 Å². The lowest BCUT2D eigenvalue weighted by molar-refractivity contribution is -0.134. The number of piperidine rings is 1. The van der Waals surface area contributed by atoms with Crippen LogP contribution in [0.15, 0.2) is 28.8 Å². The zero-order chi connectivity index (χ0) is 16.9. The maximum atomic E-state index is 12.4. The maximum Gasteiger partial charge on any atom is 0.260 e. The van der Waals surface area contributed by atoms with Crippen LogP contribution in [0.1, 0.15) is 43.0 Å². The van der Waals surface area contributed by atoms with Gasteiger partial charge in [-0.3, -0.25) is 4.79 Å². The third-order valence-corrected chi connectivity index (χ3v) is 4.28. The molecule has 1 saturated heterocycles. The fraction of sp³-hybridized carbons (Fsp3) is 0.500. The van der Waals surface area contributed by atoms with Crippen LogP contribution in [-0.4, -0.2) is 40.6 Å². The minimum Gasteiger partial charge on any atom is -0.484 e. The number of nitrogens with zero attached hydrogens (tertiary/aromatic N) is 3. The first-order chi connectivity index (χ1) is 11.7. The molecule has 1 aromatic heterocycles. The van der Waals surface area contributed by atoms with Crippen LogP contribution in [0.3, 0.4) is 0 Å². The second-order valence-electron chi connectivity index (χ2n) is 6.19. The monoisotopic (exact) mass is 329 g/mol. The van der Waals surface area contributed by atoms with Gasteiger partial charge in [0.05, 0.1) is 5.92 Å². The second-order valence-corrected chi connectivity index (χ2v) is 6.19. The van der Waals surface area contributed by atoms with Crippen LogP contribution in [0.5, 0.6) is 5.75 Å². The number of hydrogen-bond acceptors (Lipinski definition) is 5. The summed E-state index contributed by atoms with van der Waals surface area (Å²) in [4.78, 5) is 18.7. The first-order valence-corrected chi connectivity index (χ1v) is 8.45. The van der Waals surface area contributed by atoms with Crippen molar-refractivity contribution in [3.05, 3.63) is 41.5 Å². The third kappa shape index (κ3) is 3.93. The Kier molecular flexibility index (Phi) is 5.13. The number of hydrogen-bond donors (Lipinski definition) is 0. The molecule has 0 spiro atoms. The van der Waals surface area contributed by atoms with Crippen molar-refractivity contribution < 1.29 is 14.1 Å². The Balaban J connectivity index is 1.56. The topological polar surface area (TPSA) is 68.5 Å². The molecule has 1 aliphatic rings. The Bertz CT molecular complexity index is 698. The summed E-state index contributed by atoms with van der Waals surface area (Å²) < 4.78 is 11.0. The summed E-state index contributed by atoms with van der Waals surface area (Å²) in [6, 6.07) is 7.72. The molecule has 0 N–H and O–H groups in total. The molecule has 1 aromatic carbocycles. The van der Waals surface area contributed by atoms with Gasteiger partial charge in [-0.2, -0.15) is 4.98 Å². The Morgan fingerprint density at radius 2 is 2.33 bits per heavy atom. The van der Waals surface area contributed by atoms with Gasteiger partial charge in [-0.15, -0.1) is 0 Å². The van der Waals surface area contributed by atoms with Gasteiger partial charge in [-0.05, 0) is 37.5 Å². The molecular formula is C18H23N3O3. The summed E-state index contributed by atoms with van der Waals surface area (Å²) in [5.74, 6) is 2.20. The highest BCUT2D eigenvalue weighted by molar-refractivity contribution is 5.78. The van der Waals surface area contributed by atoms with Crippen molar-refractivity contribution in [2.45, 2.75) is 39.0 Å². The highest BCUT2D eigenvalue weighted by Gasteiger charge is 2.28. The molecule has 0 radical (unpaired) electrons. The van der Waals surface area contributed by atoms with Gasteiger partial charge in [0, 0.05) is 19.5 Å². The van der Waals surface area contributed by atoms with Crippen LogP contribution in [0.2, 0.25) is 0 Å². The number of likely N-dealkylation sites (tertiary alicyclic amines) is 1. The van der Waals surface area contributed by atoms with Crippen LogP contribution in [0, 0.1) is 6.92 Å². The molecule has 128 valence electrons. The van der Waals surface area contributed by atoms with E-state index in [4.69, 9.17) is 9.26 Å². The van der Waals surface area contributed by atoms with Crippen molar-refractivity contribution in [3.63, 3.8) is 0 Å². The fourth-order valence-corrected chi connectivity index (χ4v) is 2.92. The summed E-state index contributed by atoms with van der Waals surface area (Å²) in [5.41, 5.74) is 1.11. The highest BCUT2D eigenvalue weighted by atomic mass is 16.5. The van der Waals surface area contributed by atoms with Gasteiger partial charge in [0.2, 0.25) is 5.89 Å². The van der Waals surface area contributed by atoms with E-state index in [1.807, 2.05) is 43.0 Å². The molecule has 1 atom stereocenters. The van der Waals surface area contributed by atoms with E-state index in [0.717, 1.165) is 42.9 Å². The van der Waals surface area contributed by atoms with Gasteiger partial charge in [-0.25, -0.2) is 0 Å². The Morgan fingerprint density at radius 3 is 3.08 bits per heavy atom. The molecule has 0 saturated carbocycles. The van der Waals surface area contributed by atoms with E-state index in [0.29, 0.717) is 12.4 Å². The number of amides is 1. The summed E-state index contributed by atoms with van der Waals surface area (Å²) in [5, 5.41) is 3.95. The number of carbonyl (C=O) groups is 1. The van der Waals surface area contributed by atoms with E-state index in [1.165, 1.54) is 0 Å². The largest absolute Gasteiger partial charge is 0.484 e. The average Bonchev–Trinajstić information content (AvgIpc) is 3.09. The number of aromatic nitrogens is 2. The molecule has 24 heavy (non-hydrogen) atoms. The molecule has 0 bridgehead atoms. The van der Waals surface area contributed by atoms with Gasteiger partial charge in [0.1, 0.15) is 5.75 Å². The molecule has 2 heterocycles. The predicted octanol–water partition coefficient (Wildman–Crippen LogP) is 2.73. The SMILES string of the molecule is CCc1noc([C@H]2CCCN(C(=O)COc3cccc(C)c3)C2)n1. The first kappa shape index (κ1) is 16.5. The predicted molar refractivity (Wildman–Crippen MR) is 88.9 cm³/mol. The summed E-state index contributed by atoms with van der Waals surface area (Å²) >= 11 is 0. The van der Waals surface area contributed by atoms with Crippen molar-refractivity contribution in [2.75, 3.05) is 19.7 Å². The normalized spacial score (nSPS) is 17.8. The van der Waals surface area contributed by atoms with Gasteiger partial charge >= 0.3 is 0 Å². The van der Waals surface area contributed by atoms with Gasteiger partial charge in [0.15, 0.2) is 12.4 Å². The molecule has 6 nitrogen and oxygen atoms in total. The molecule has 1 aliphatic heterocycles. The Morgan fingerprint density at radius 1 is 1.46 bits per heavy atom. The van der Waals surface area contributed by atoms with Crippen molar-refractivity contribution in [1.82, 2.24) is 15.0 Å². The molecule has 2 aromatic rings. The lowest BCUT2D eigenvalue weighted by Gasteiger charge is -2.31. The first-order valence-electron chi connectivity index (χ1n) is 8.45. The zero-order valence-corrected chi connectivity index (χ0v) is 14.2. The van der Waals surface area contributed by atoms with E-state index in [9.17, 15) is 4.79 Å². The minimum absolute atomic E-state index is 0.00330. The zero-order valence-electron chi connectivity index (χ0n) is 14.2.